The van der Waals surface area contributed by atoms with Crippen molar-refractivity contribution < 1.29 is 47.6 Å². The Morgan fingerprint density at radius 3 is 2.15 bits per heavy atom. The van der Waals surface area contributed by atoms with Gasteiger partial charge in [-0.05, 0) is 62.2 Å². The Hall–Kier alpha value is -6.24. The molecule has 0 saturated carbocycles. The Labute approximate surface area is 307 Å². The van der Waals surface area contributed by atoms with E-state index in [0.717, 1.165) is 5.56 Å². The number of hydrogen-bond donors (Lipinski definition) is 3. The van der Waals surface area contributed by atoms with Crippen molar-refractivity contribution >= 4 is 35.1 Å². The van der Waals surface area contributed by atoms with Gasteiger partial charge in [0, 0.05) is 23.9 Å². The summed E-state index contributed by atoms with van der Waals surface area (Å²) in [4.78, 5) is 53.3. The molecule has 4 aromatic rings. The Morgan fingerprint density at radius 1 is 0.792 bits per heavy atom. The standard InChI is InChI=1S/C40H43N3O10/c1-40(2,3)53-39(47)43-28(18-23-12-9-8-10-13-23)38(46)42-26-16-17-30(48-4)27(20-26)37(45)41-25-15-11-14-24(19-25)31-21-29(44)34-32(52-31)22-33(49-5)35(50-6)36(34)51-7/h8-17,19-20,22,28,31H,18,21H2,1-7H3,(H,41,45)(H,42,46)(H,43,47)/t28-,31?/m0/s1. The number of benzene rings is 4. The predicted molar refractivity (Wildman–Crippen MR) is 198 cm³/mol. The van der Waals surface area contributed by atoms with Crippen molar-refractivity contribution in [2.45, 2.75) is 51.4 Å². The molecule has 0 aromatic heterocycles. The van der Waals surface area contributed by atoms with Gasteiger partial charge < -0.3 is 44.4 Å². The molecule has 0 bridgehead atoms. The summed E-state index contributed by atoms with van der Waals surface area (Å²) < 4.78 is 33.5. The first-order valence-electron chi connectivity index (χ1n) is 16.8. The molecule has 1 aliphatic rings. The summed E-state index contributed by atoms with van der Waals surface area (Å²) in [5.41, 5.74) is 1.84. The maximum Gasteiger partial charge on any atom is 0.408 e. The fourth-order valence-corrected chi connectivity index (χ4v) is 5.86. The van der Waals surface area contributed by atoms with Gasteiger partial charge in [0.05, 0.1) is 40.4 Å². The van der Waals surface area contributed by atoms with Crippen molar-refractivity contribution in [3.8, 4) is 28.7 Å². The van der Waals surface area contributed by atoms with Crippen LogP contribution in [0, 0.1) is 0 Å². The fraction of sp³-hybridized carbons (Fsp3) is 0.300. The third-order valence-corrected chi connectivity index (χ3v) is 8.23. The molecule has 1 heterocycles. The highest BCUT2D eigenvalue weighted by atomic mass is 16.6. The molecular weight excluding hydrogens is 682 g/mol. The summed E-state index contributed by atoms with van der Waals surface area (Å²) in [6.07, 6.45) is -1.19. The number of alkyl carbamates (subject to hydrolysis) is 1. The topological polar surface area (TPSA) is 160 Å². The molecule has 1 unspecified atom stereocenters. The number of nitrogens with one attached hydrogen (secondary N) is 3. The minimum absolute atomic E-state index is 0.0138. The molecule has 4 aromatic carbocycles. The highest BCUT2D eigenvalue weighted by Crippen LogP contribution is 2.49. The molecule has 3 amide bonds. The highest BCUT2D eigenvalue weighted by Gasteiger charge is 2.34. The third kappa shape index (κ3) is 9.17. The van der Waals surface area contributed by atoms with Gasteiger partial charge in [-0.25, -0.2) is 4.79 Å². The molecule has 1 aliphatic heterocycles. The van der Waals surface area contributed by atoms with Crippen LogP contribution in [0.3, 0.4) is 0 Å². The van der Waals surface area contributed by atoms with E-state index in [2.05, 4.69) is 16.0 Å². The highest BCUT2D eigenvalue weighted by molar-refractivity contribution is 6.08. The molecule has 278 valence electrons. The monoisotopic (exact) mass is 725 g/mol. The van der Waals surface area contributed by atoms with Crippen LogP contribution in [0.5, 0.6) is 28.7 Å². The van der Waals surface area contributed by atoms with Crippen LogP contribution in [-0.2, 0) is 16.0 Å². The van der Waals surface area contributed by atoms with Crippen LogP contribution in [0.15, 0.2) is 78.9 Å². The Morgan fingerprint density at radius 2 is 1.49 bits per heavy atom. The van der Waals surface area contributed by atoms with Gasteiger partial charge in [-0.1, -0.05) is 42.5 Å². The van der Waals surface area contributed by atoms with Crippen molar-refractivity contribution in [3.63, 3.8) is 0 Å². The van der Waals surface area contributed by atoms with E-state index in [1.807, 2.05) is 30.3 Å². The number of amides is 3. The quantitative estimate of drug-likeness (QED) is 0.143. The van der Waals surface area contributed by atoms with Gasteiger partial charge in [-0.15, -0.1) is 0 Å². The van der Waals surface area contributed by atoms with Crippen molar-refractivity contribution in [2.75, 3.05) is 39.1 Å². The summed E-state index contributed by atoms with van der Waals surface area (Å²) in [5.74, 6) is 0.167. The molecule has 0 aliphatic carbocycles. The van der Waals surface area contributed by atoms with Gasteiger partial charge in [0.1, 0.15) is 34.8 Å². The summed E-state index contributed by atoms with van der Waals surface area (Å²) in [6, 6.07) is 21.4. The van der Waals surface area contributed by atoms with Crippen molar-refractivity contribution in [1.82, 2.24) is 5.32 Å². The molecule has 0 saturated heterocycles. The van der Waals surface area contributed by atoms with E-state index in [1.165, 1.54) is 34.5 Å². The predicted octanol–water partition coefficient (Wildman–Crippen LogP) is 6.75. The van der Waals surface area contributed by atoms with Crippen LogP contribution < -0.4 is 39.6 Å². The van der Waals surface area contributed by atoms with E-state index in [1.54, 1.807) is 63.2 Å². The first kappa shape index (κ1) is 38.0. The molecule has 0 radical (unpaired) electrons. The van der Waals surface area contributed by atoms with Crippen LogP contribution in [-0.4, -0.2) is 63.8 Å². The molecule has 2 atom stereocenters. The lowest BCUT2D eigenvalue weighted by Crippen LogP contribution is -2.47. The second-order valence-electron chi connectivity index (χ2n) is 13.1. The van der Waals surface area contributed by atoms with Gasteiger partial charge in [-0.3, -0.25) is 14.4 Å². The minimum atomic E-state index is -0.987. The average molecular weight is 726 g/mol. The van der Waals surface area contributed by atoms with Gasteiger partial charge in [0.2, 0.25) is 11.7 Å². The average Bonchev–Trinajstić information content (AvgIpc) is 3.13. The maximum atomic E-state index is 13.7. The zero-order chi connectivity index (χ0) is 38.3. The lowest BCUT2D eigenvalue weighted by Gasteiger charge is -2.28. The summed E-state index contributed by atoms with van der Waals surface area (Å²) in [5, 5.41) is 8.35. The smallest absolute Gasteiger partial charge is 0.408 e. The van der Waals surface area contributed by atoms with E-state index in [-0.39, 0.29) is 52.7 Å². The summed E-state index contributed by atoms with van der Waals surface area (Å²) >= 11 is 0. The van der Waals surface area contributed by atoms with Gasteiger partial charge in [0.25, 0.3) is 5.91 Å². The third-order valence-electron chi connectivity index (χ3n) is 8.23. The zero-order valence-electron chi connectivity index (χ0n) is 30.7. The van der Waals surface area contributed by atoms with E-state index < -0.39 is 35.7 Å². The van der Waals surface area contributed by atoms with Gasteiger partial charge >= 0.3 is 6.09 Å². The van der Waals surface area contributed by atoms with Crippen molar-refractivity contribution in [2.24, 2.45) is 0 Å². The van der Waals surface area contributed by atoms with E-state index >= 15 is 0 Å². The number of ketones is 1. The number of anilines is 2. The second-order valence-corrected chi connectivity index (χ2v) is 13.1. The normalized spacial score (nSPS) is 14.1. The Kier molecular flexibility index (Phi) is 11.8. The van der Waals surface area contributed by atoms with Crippen molar-refractivity contribution in [1.29, 1.82) is 0 Å². The number of hydrogen-bond acceptors (Lipinski definition) is 10. The molecular formula is C40H43N3O10. The first-order valence-corrected chi connectivity index (χ1v) is 16.8. The van der Waals surface area contributed by atoms with Gasteiger partial charge in [0.15, 0.2) is 17.3 Å². The number of Topliss-reactive ketones (excluding diaryl/α,β-unsaturated/α-hetero) is 1. The maximum absolute atomic E-state index is 13.7. The summed E-state index contributed by atoms with van der Waals surface area (Å²) in [6.45, 7) is 5.20. The van der Waals surface area contributed by atoms with Crippen LogP contribution in [0.2, 0.25) is 0 Å². The number of ether oxygens (including phenoxy) is 6. The molecule has 0 spiro atoms. The Balaban J connectivity index is 1.34. The lowest BCUT2D eigenvalue weighted by molar-refractivity contribution is -0.118. The molecule has 5 rings (SSSR count). The van der Waals surface area contributed by atoms with E-state index in [0.29, 0.717) is 22.7 Å². The number of fused-ring (bicyclic) bond motifs is 1. The van der Waals surface area contributed by atoms with Gasteiger partial charge in [-0.2, -0.15) is 0 Å². The molecule has 0 fully saturated rings. The van der Waals surface area contributed by atoms with Crippen molar-refractivity contribution in [3.05, 3.63) is 101 Å². The second kappa shape index (κ2) is 16.4. The minimum Gasteiger partial charge on any atom is -0.496 e. The van der Waals surface area contributed by atoms with E-state index in [9.17, 15) is 19.2 Å². The number of methoxy groups -OCH3 is 4. The molecule has 13 nitrogen and oxygen atoms in total. The SMILES string of the molecule is COc1ccc(NC(=O)[C@H](Cc2ccccc2)NC(=O)OC(C)(C)C)cc1C(=O)Nc1cccc(C2CC(=O)c3c(cc(OC)c(OC)c3OC)O2)c1. The first-order chi connectivity index (χ1) is 25.3. The Bertz CT molecular complexity index is 1990. The fourth-order valence-electron chi connectivity index (χ4n) is 5.86. The van der Waals surface area contributed by atoms with Crippen LogP contribution in [0.1, 0.15) is 65.1 Å². The largest absolute Gasteiger partial charge is 0.496 e. The number of rotatable bonds is 12. The zero-order valence-corrected chi connectivity index (χ0v) is 30.7. The van der Waals surface area contributed by atoms with Crippen LogP contribution in [0.4, 0.5) is 16.2 Å². The van der Waals surface area contributed by atoms with Crippen LogP contribution in [0.25, 0.3) is 0 Å². The molecule has 3 N–H and O–H groups in total. The molecule has 13 heteroatoms. The number of carbonyl (C=O) groups is 4. The number of carbonyl (C=O) groups excluding carboxylic acids is 4. The lowest BCUT2D eigenvalue weighted by atomic mass is 9.94. The molecule has 53 heavy (non-hydrogen) atoms. The van der Waals surface area contributed by atoms with E-state index in [4.69, 9.17) is 28.4 Å². The van der Waals surface area contributed by atoms with Crippen LogP contribution >= 0.6 is 0 Å². The summed E-state index contributed by atoms with van der Waals surface area (Å²) in [7, 11) is 5.80.